The molecular formula is C24H34BFN4O2. The molecule has 6 nitrogen and oxygen atoms in total. The summed E-state index contributed by atoms with van der Waals surface area (Å²) in [5.41, 5.74) is 7.86. The summed E-state index contributed by atoms with van der Waals surface area (Å²) in [6.45, 7) is 16.4. The molecule has 1 aromatic heterocycles. The number of aromatic nitrogens is 1. The molecule has 0 spiro atoms. The van der Waals surface area contributed by atoms with Crippen LogP contribution in [0, 0.1) is 5.95 Å². The third-order valence-electron chi connectivity index (χ3n) is 7.13. The van der Waals surface area contributed by atoms with Crippen molar-refractivity contribution in [3.8, 4) is 11.1 Å². The van der Waals surface area contributed by atoms with E-state index < -0.39 is 24.3 Å². The Bertz CT molecular complexity index is 957. The van der Waals surface area contributed by atoms with Crippen LogP contribution in [-0.4, -0.2) is 60.4 Å². The summed E-state index contributed by atoms with van der Waals surface area (Å²) in [4.78, 5) is 8.82. The Morgan fingerprint density at radius 2 is 1.56 bits per heavy atom. The van der Waals surface area contributed by atoms with Crippen LogP contribution in [0.2, 0.25) is 0 Å². The molecule has 0 amide bonds. The highest BCUT2D eigenvalue weighted by Gasteiger charge is 2.52. The Morgan fingerprint density at radius 3 is 2.09 bits per heavy atom. The first kappa shape index (κ1) is 23.0. The number of benzene rings is 1. The second kappa shape index (κ2) is 8.32. The van der Waals surface area contributed by atoms with Crippen molar-refractivity contribution in [3.05, 3.63) is 36.3 Å². The predicted octanol–water partition coefficient (Wildman–Crippen LogP) is 3.30. The van der Waals surface area contributed by atoms with Crippen molar-refractivity contribution in [2.45, 2.75) is 58.8 Å². The van der Waals surface area contributed by atoms with Gasteiger partial charge in [-0.3, -0.25) is 4.90 Å². The van der Waals surface area contributed by atoms with Crippen molar-refractivity contribution in [2.75, 3.05) is 36.8 Å². The smallest absolute Gasteiger partial charge is 0.399 e. The van der Waals surface area contributed by atoms with Crippen LogP contribution in [0.4, 0.5) is 15.9 Å². The molecule has 0 bridgehead atoms. The van der Waals surface area contributed by atoms with E-state index in [2.05, 4.69) is 28.6 Å². The maximum Gasteiger partial charge on any atom is 0.498 e. The summed E-state index contributed by atoms with van der Waals surface area (Å²) in [6, 6.07) is 10.2. The number of pyridine rings is 1. The van der Waals surface area contributed by atoms with Crippen LogP contribution in [-0.2, 0) is 9.31 Å². The highest BCUT2D eigenvalue weighted by Crippen LogP contribution is 2.37. The van der Waals surface area contributed by atoms with Gasteiger partial charge in [-0.1, -0.05) is 12.1 Å². The summed E-state index contributed by atoms with van der Waals surface area (Å²) >= 11 is 0. The highest BCUT2D eigenvalue weighted by atomic mass is 19.1. The molecule has 0 aliphatic carbocycles. The van der Waals surface area contributed by atoms with Gasteiger partial charge in [-0.25, -0.2) is 4.98 Å². The number of anilines is 2. The lowest BCUT2D eigenvalue weighted by Crippen LogP contribution is -2.48. The van der Waals surface area contributed by atoms with Crippen molar-refractivity contribution in [1.82, 2.24) is 9.88 Å². The third-order valence-corrected chi connectivity index (χ3v) is 7.13. The number of nitrogens with zero attached hydrogens (tertiary/aromatic N) is 3. The Kier molecular flexibility index (Phi) is 5.99. The molecule has 0 unspecified atom stereocenters. The van der Waals surface area contributed by atoms with E-state index in [1.54, 1.807) is 6.07 Å². The van der Waals surface area contributed by atoms with E-state index in [0.717, 1.165) is 37.4 Å². The van der Waals surface area contributed by atoms with Crippen molar-refractivity contribution in [1.29, 1.82) is 0 Å². The van der Waals surface area contributed by atoms with E-state index >= 15 is 0 Å². The van der Waals surface area contributed by atoms with E-state index in [4.69, 9.17) is 15.0 Å². The second-order valence-electron chi connectivity index (χ2n) is 10.1. The number of nitrogens with two attached hydrogens (primary N) is 1. The first-order valence-electron chi connectivity index (χ1n) is 11.4. The summed E-state index contributed by atoms with van der Waals surface area (Å²) in [7, 11) is -0.691. The van der Waals surface area contributed by atoms with E-state index in [-0.39, 0.29) is 5.82 Å². The van der Waals surface area contributed by atoms with E-state index in [0.29, 0.717) is 17.1 Å². The minimum absolute atomic E-state index is 0.0874. The fourth-order valence-electron chi connectivity index (χ4n) is 4.23. The fraction of sp³-hybridized carbons (Fsp3) is 0.542. The minimum atomic E-state index is -0.691. The van der Waals surface area contributed by atoms with E-state index in [1.807, 2.05) is 52.0 Å². The van der Waals surface area contributed by atoms with Gasteiger partial charge in [0.25, 0.3) is 0 Å². The van der Waals surface area contributed by atoms with Gasteiger partial charge in [0.2, 0.25) is 5.95 Å². The van der Waals surface area contributed by atoms with Gasteiger partial charge in [-0.2, -0.15) is 4.39 Å². The van der Waals surface area contributed by atoms with Gasteiger partial charge in [-0.15, -0.1) is 0 Å². The van der Waals surface area contributed by atoms with Crippen molar-refractivity contribution in [3.63, 3.8) is 0 Å². The summed E-state index contributed by atoms with van der Waals surface area (Å²) in [5.74, 6) is -0.509. The Hall–Kier alpha value is -2.16. The molecule has 2 N–H and O–H groups in total. The number of hydrogen-bond donors (Lipinski definition) is 1. The lowest BCUT2D eigenvalue weighted by molar-refractivity contribution is 0.00578. The van der Waals surface area contributed by atoms with Crippen molar-refractivity contribution < 1.29 is 13.7 Å². The van der Waals surface area contributed by atoms with Crippen molar-refractivity contribution in [2.24, 2.45) is 0 Å². The van der Waals surface area contributed by atoms with Crippen LogP contribution in [0.25, 0.3) is 11.1 Å². The largest absolute Gasteiger partial charge is 0.498 e. The van der Waals surface area contributed by atoms with Gasteiger partial charge < -0.3 is 19.9 Å². The first-order chi connectivity index (χ1) is 15.0. The Balaban J connectivity index is 1.56. The number of nitrogen functional groups attached to an aromatic ring is 1. The van der Waals surface area contributed by atoms with Crippen LogP contribution in [0.5, 0.6) is 0 Å². The average molecular weight is 440 g/mol. The van der Waals surface area contributed by atoms with Gasteiger partial charge in [0, 0.05) is 48.9 Å². The lowest BCUT2D eigenvalue weighted by atomic mass is 9.78. The predicted molar refractivity (Wildman–Crippen MR) is 129 cm³/mol. The maximum absolute atomic E-state index is 14.8. The minimum Gasteiger partial charge on any atom is -0.399 e. The lowest BCUT2D eigenvalue weighted by Gasteiger charge is -2.38. The molecule has 2 saturated heterocycles. The maximum atomic E-state index is 14.8. The van der Waals surface area contributed by atoms with Crippen LogP contribution in [0.1, 0.15) is 41.5 Å². The quantitative estimate of drug-likeness (QED) is 0.582. The number of halogens is 1. The van der Waals surface area contributed by atoms with Gasteiger partial charge in [-0.05, 0) is 65.3 Å². The molecule has 2 fully saturated rings. The molecule has 0 atom stereocenters. The zero-order valence-electron chi connectivity index (χ0n) is 20.0. The first-order valence-corrected chi connectivity index (χ1v) is 11.4. The normalized spacial score (nSPS) is 20.9. The topological polar surface area (TPSA) is 63.9 Å². The van der Waals surface area contributed by atoms with Gasteiger partial charge in [0.1, 0.15) is 5.82 Å². The third kappa shape index (κ3) is 4.23. The molecule has 32 heavy (non-hydrogen) atoms. The standard InChI is InChI=1S/C24H34BFN4O2/c1-16(2)29-11-13-30(14-12-29)18-9-7-17(8-10-18)19-15-20(22(27)28-21(19)26)25-31-23(3,4)24(5,6)32-25/h7-10,15-16H,11-14H2,1-6H3,(H2,27,28). The number of piperazine rings is 1. The molecule has 2 aliphatic rings. The molecule has 2 aliphatic heterocycles. The van der Waals surface area contributed by atoms with Crippen LogP contribution in [0.15, 0.2) is 30.3 Å². The van der Waals surface area contributed by atoms with Gasteiger partial charge in [0.15, 0.2) is 0 Å². The number of hydrogen-bond acceptors (Lipinski definition) is 6. The molecule has 8 heteroatoms. The molecule has 2 aromatic rings. The zero-order chi connectivity index (χ0) is 23.3. The summed E-state index contributed by atoms with van der Waals surface area (Å²) in [6.07, 6.45) is 0. The summed E-state index contributed by atoms with van der Waals surface area (Å²) in [5, 5.41) is 0. The molecule has 0 radical (unpaired) electrons. The van der Waals surface area contributed by atoms with Crippen LogP contribution in [0.3, 0.4) is 0 Å². The Labute approximate surface area is 191 Å². The Morgan fingerprint density at radius 1 is 1.00 bits per heavy atom. The van der Waals surface area contributed by atoms with E-state index in [1.165, 1.54) is 0 Å². The zero-order valence-corrected chi connectivity index (χ0v) is 20.0. The van der Waals surface area contributed by atoms with E-state index in [9.17, 15) is 4.39 Å². The molecule has 0 saturated carbocycles. The fourth-order valence-corrected chi connectivity index (χ4v) is 4.23. The van der Waals surface area contributed by atoms with Crippen LogP contribution >= 0.6 is 0 Å². The molecule has 4 rings (SSSR count). The molecule has 172 valence electrons. The number of rotatable bonds is 4. The molecule has 1 aromatic carbocycles. The van der Waals surface area contributed by atoms with Crippen molar-refractivity contribution >= 4 is 24.1 Å². The SMILES string of the molecule is CC(C)N1CCN(c2ccc(-c3cc(B4OC(C)(C)C(C)(C)O4)c(N)nc3F)cc2)CC1. The highest BCUT2D eigenvalue weighted by molar-refractivity contribution is 6.63. The molecule has 3 heterocycles. The molecular weight excluding hydrogens is 406 g/mol. The van der Waals surface area contributed by atoms with Crippen LogP contribution < -0.4 is 16.1 Å². The summed E-state index contributed by atoms with van der Waals surface area (Å²) < 4.78 is 27.0. The average Bonchev–Trinajstić information content (AvgIpc) is 2.95. The van der Waals surface area contributed by atoms with Gasteiger partial charge in [0.05, 0.1) is 11.2 Å². The van der Waals surface area contributed by atoms with Gasteiger partial charge >= 0.3 is 7.12 Å². The second-order valence-corrected chi connectivity index (χ2v) is 10.1. The monoisotopic (exact) mass is 440 g/mol.